The van der Waals surface area contributed by atoms with Crippen molar-refractivity contribution < 1.29 is 52.1 Å². The molecule has 0 atom stereocenters. The smallest absolute Gasteiger partial charge is 0.488 e. The SMILES string of the molecule is F[N]=[W].OB(O)c1ccccc1COc1cccc(C(F)(F)F)c1. The van der Waals surface area contributed by atoms with E-state index in [4.69, 9.17) is 4.74 Å². The molecule has 0 spiro atoms. The Morgan fingerprint density at radius 3 is 2.29 bits per heavy atom. The number of hydrogen-bond acceptors (Lipinski definition) is 4. The van der Waals surface area contributed by atoms with E-state index in [1.807, 2.05) is 0 Å². The van der Waals surface area contributed by atoms with Gasteiger partial charge in [0, 0.05) is 0 Å². The normalized spacial score (nSPS) is 10.4. The van der Waals surface area contributed by atoms with Crippen LogP contribution < -0.4 is 10.2 Å². The summed E-state index contributed by atoms with van der Waals surface area (Å²) < 4.78 is 55.1. The average molecular weight is 513 g/mol. The van der Waals surface area contributed by atoms with Crippen LogP contribution in [0.4, 0.5) is 17.7 Å². The molecule has 10 heteroatoms. The fourth-order valence-corrected chi connectivity index (χ4v) is 1.84. The average Bonchev–Trinajstić information content (AvgIpc) is 2.53. The van der Waals surface area contributed by atoms with Gasteiger partial charge in [0.05, 0.1) is 5.56 Å². The molecule has 0 aliphatic rings. The first-order chi connectivity index (χ1) is 11.3. The molecule has 0 aliphatic heterocycles. The van der Waals surface area contributed by atoms with Crippen molar-refractivity contribution in [2.45, 2.75) is 12.8 Å². The third-order valence-corrected chi connectivity index (χ3v) is 2.89. The molecule has 0 unspecified atom stereocenters. The maximum absolute atomic E-state index is 12.6. The molecule has 2 N–H and O–H groups in total. The third-order valence-electron chi connectivity index (χ3n) is 2.89. The van der Waals surface area contributed by atoms with E-state index in [1.54, 1.807) is 18.2 Å². The molecule has 0 aromatic heterocycles. The Morgan fingerprint density at radius 2 is 1.71 bits per heavy atom. The van der Waals surface area contributed by atoms with Crippen LogP contribution in [0, 0.1) is 0 Å². The second kappa shape index (κ2) is 9.66. The van der Waals surface area contributed by atoms with Gasteiger partial charge in [0.25, 0.3) is 0 Å². The number of alkyl halides is 3. The first kappa shape index (κ1) is 20.5. The van der Waals surface area contributed by atoms with E-state index in [1.165, 1.54) is 18.2 Å². The molecular weight excluding hydrogens is 501 g/mol. The van der Waals surface area contributed by atoms with Gasteiger partial charge in [0.1, 0.15) is 12.4 Å². The van der Waals surface area contributed by atoms with Crippen molar-refractivity contribution >= 4 is 12.6 Å². The second-order valence-corrected chi connectivity index (χ2v) is 4.95. The van der Waals surface area contributed by atoms with E-state index in [2.05, 4.69) is 3.72 Å². The van der Waals surface area contributed by atoms with Gasteiger partial charge in [-0.1, -0.05) is 30.3 Å². The monoisotopic (exact) mass is 513 g/mol. The topological polar surface area (TPSA) is 62.1 Å². The molecule has 2 aromatic carbocycles. The number of halogens is 4. The molecule has 0 saturated heterocycles. The summed E-state index contributed by atoms with van der Waals surface area (Å²) in [7, 11) is -1.66. The van der Waals surface area contributed by atoms with Gasteiger partial charge in [-0.15, -0.1) is 0 Å². The largest absolute Gasteiger partial charge is 0.489 e. The fraction of sp³-hybridized carbons (Fsp3) is 0.143. The zero-order valence-electron chi connectivity index (χ0n) is 12.1. The maximum atomic E-state index is 12.6. The number of nitrogens with zero attached hydrogens (tertiary/aromatic N) is 1. The molecule has 0 radical (unpaired) electrons. The van der Waals surface area contributed by atoms with Gasteiger partial charge in [-0.05, 0) is 29.2 Å². The number of benzene rings is 2. The van der Waals surface area contributed by atoms with E-state index < -0.39 is 18.9 Å². The first-order valence-electron chi connectivity index (χ1n) is 6.47. The summed E-state index contributed by atoms with van der Waals surface area (Å²) in [6.07, 6.45) is -4.43. The molecule has 0 bridgehead atoms. The third kappa shape index (κ3) is 6.51. The minimum absolute atomic E-state index is 0.0604. The molecular formula is C14H12BF4NO3W. The zero-order chi connectivity index (χ0) is 18.2. The van der Waals surface area contributed by atoms with E-state index >= 15 is 0 Å². The van der Waals surface area contributed by atoms with Crippen LogP contribution in [0.25, 0.3) is 0 Å². The molecule has 24 heavy (non-hydrogen) atoms. The Labute approximate surface area is 146 Å². The Morgan fingerprint density at radius 1 is 1.08 bits per heavy atom. The molecule has 128 valence electrons. The van der Waals surface area contributed by atoms with E-state index in [0.29, 0.717) is 25.2 Å². The Hall–Kier alpha value is -1.57. The summed E-state index contributed by atoms with van der Waals surface area (Å²) in [6, 6.07) is 10.9. The summed E-state index contributed by atoms with van der Waals surface area (Å²) in [5.74, 6) is 0.0621. The van der Waals surface area contributed by atoms with Gasteiger partial charge in [0.15, 0.2) is 0 Å². The van der Waals surface area contributed by atoms with Gasteiger partial charge < -0.3 is 14.8 Å². The van der Waals surface area contributed by atoms with Crippen molar-refractivity contribution in [2.24, 2.45) is 3.72 Å². The van der Waals surface area contributed by atoms with Gasteiger partial charge in [-0.25, -0.2) is 0 Å². The summed E-state index contributed by atoms with van der Waals surface area (Å²) in [4.78, 5) is 0. The van der Waals surface area contributed by atoms with E-state index in [9.17, 15) is 27.7 Å². The predicted octanol–water partition coefficient (Wildman–Crippen LogP) is 2.57. The van der Waals surface area contributed by atoms with Crippen LogP contribution in [0.15, 0.2) is 52.2 Å². The van der Waals surface area contributed by atoms with Crippen molar-refractivity contribution in [1.82, 2.24) is 0 Å². The second-order valence-electron chi connectivity index (χ2n) is 4.46. The predicted molar refractivity (Wildman–Crippen MR) is 75.6 cm³/mol. The Balaban J connectivity index is 0.000000891. The van der Waals surface area contributed by atoms with Gasteiger partial charge in [-0.2, -0.15) is 13.2 Å². The quantitative estimate of drug-likeness (QED) is 0.489. The van der Waals surface area contributed by atoms with Crippen LogP contribution in [0.5, 0.6) is 5.75 Å². The van der Waals surface area contributed by atoms with Crippen LogP contribution in [-0.2, 0) is 32.4 Å². The van der Waals surface area contributed by atoms with Gasteiger partial charge in [0.2, 0.25) is 0 Å². The molecule has 2 rings (SSSR count). The Kier molecular flexibility index (Phi) is 8.24. The van der Waals surface area contributed by atoms with Crippen LogP contribution >= 0.6 is 0 Å². The number of rotatable bonds is 4. The molecule has 0 amide bonds. The molecule has 0 saturated carbocycles. The van der Waals surface area contributed by atoms with Crippen molar-refractivity contribution in [2.75, 3.05) is 0 Å². The van der Waals surface area contributed by atoms with Crippen LogP contribution in [0.2, 0.25) is 0 Å². The summed E-state index contributed by atoms with van der Waals surface area (Å²) in [5.41, 5.74) is -0.0511. The van der Waals surface area contributed by atoms with Gasteiger partial charge in [-0.3, -0.25) is 0 Å². The summed E-state index contributed by atoms with van der Waals surface area (Å²) in [5, 5.41) is 18.4. The summed E-state index contributed by atoms with van der Waals surface area (Å²) in [6.45, 7) is -0.0604. The van der Waals surface area contributed by atoms with Crippen molar-refractivity contribution in [3.05, 3.63) is 59.7 Å². The standard InChI is InChI=1S/C14H12BF3O3.FN.W/c16-14(17,18)11-5-3-6-12(8-11)21-9-10-4-1-2-7-13(10)15(19)20;1-2;/h1-8,19-20H,9H2;;. The van der Waals surface area contributed by atoms with Crippen molar-refractivity contribution in [3.8, 4) is 5.75 Å². The van der Waals surface area contributed by atoms with Crippen LogP contribution in [0.3, 0.4) is 0 Å². The minimum Gasteiger partial charge on any atom is -0.489 e. The molecule has 0 aliphatic carbocycles. The first-order valence-corrected chi connectivity index (χ1v) is 7.78. The van der Waals surface area contributed by atoms with Crippen molar-refractivity contribution in [3.63, 3.8) is 0 Å². The molecule has 2 aromatic rings. The van der Waals surface area contributed by atoms with Crippen LogP contribution in [-0.4, -0.2) is 17.2 Å². The minimum atomic E-state index is -4.43. The van der Waals surface area contributed by atoms with Gasteiger partial charge >= 0.3 is 41.1 Å². The Bertz CT molecular complexity index is 670. The van der Waals surface area contributed by atoms with E-state index in [0.717, 1.165) is 12.1 Å². The van der Waals surface area contributed by atoms with E-state index in [-0.39, 0.29) is 17.8 Å². The molecule has 0 heterocycles. The zero-order valence-corrected chi connectivity index (χ0v) is 15.0. The number of hydrogen-bond donors (Lipinski definition) is 2. The maximum Gasteiger partial charge on any atom is 0.488 e. The molecule has 0 fully saturated rings. The van der Waals surface area contributed by atoms with Crippen molar-refractivity contribution in [1.29, 1.82) is 0 Å². The fourth-order valence-electron chi connectivity index (χ4n) is 1.84. The number of ether oxygens (including phenoxy) is 1. The molecule has 4 nitrogen and oxygen atoms in total. The summed E-state index contributed by atoms with van der Waals surface area (Å²) >= 11 is 0.630. The van der Waals surface area contributed by atoms with Crippen LogP contribution in [0.1, 0.15) is 11.1 Å².